The van der Waals surface area contributed by atoms with E-state index in [1.165, 1.54) is 12.3 Å². The van der Waals surface area contributed by atoms with Crippen LogP contribution in [0.25, 0.3) is 11.3 Å². The number of phenols is 1. The van der Waals surface area contributed by atoms with Gasteiger partial charge in [0.15, 0.2) is 0 Å². The van der Waals surface area contributed by atoms with E-state index < -0.39 is 12.0 Å². The molecular formula is C11H12N4O3. The van der Waals surface area contributed by atoms with Gasteiger partial charge in [0.05, 0.1) is 6.20 Å². The van der Waals surface area contributed by atoms with Crippen molar-refractivity contribution in [1.29, 1.82) is 0 Å². The average molecular weight is 248 g/mol. The third kappa shape index (κ3) is 2.46. The van der Waals surface area contributed by atoms with E-state index >= 15 is 0 Å². The molecule has 1 atom stereocenters. The lowest BCUT2D eigenvalue weighted by Crippen LogP contribution is -2.32. The minimum absolute atomic E-state index is 0.0524. The SMILES string of the molecule is N[C@@H](Cc1ccc(O)c(-c2cn[nH]n2)c1)C(=O)O. The molecule has 2 rings (SSSR count). The molecule has 0 spiro atoms. The summed E-state index contributed by atoms with van der Waals surface area (Å²) in [6.45, 7) is 0. The molecule has 0 aliphatic rings. The van der Waals surface area contributed by atoms with E-state index in [4.69, 9.17) is 10.8 Å². The molecule has 0 amide bonds. The molecule has 0 unspecified atom stereocenters. The number of hydrogen-bond acceptors (Lipinski definition) is 5. The molecule has 0 aliphatic heterocycles. The smallest absolute Gasteiger partial charge is 0.320 e. The van der Waals surface area contributed by atoms with E-state index in [2.05, 4.69) is 15.4 Å². The second kappa shape index (κ2) is 4.84. The maximum atomic E-state index is 10.7. The second-order valence-corrected chi connectivity index (χ2v) is 3.86. The zero-order valence-corrected chi connectivity index (χ0v) is 9.37. The van der Waals surface area contributed by atoms with Gasteiger partial charge in [-0.3, -0.25) is 4.79 Å². The van der Waals surface area contributed by atoms with E-state index in [1.54, 1.807) is 12.1 Å². The molecule has 5 N–H and O–H groups in total. The van der Waals surface area contributed by atoms with Crippen molar-refractivity contribution in [2.75, 3.05) is 0 Å². The van der Waals surface area contributed by atoms with Crippen LogP contribution in [0.1, 0.15) is 5.56 Å². The maximum Gasteiger partial charge on any atom is 0.320 e. The Kier molecular flexibility index (Phi) is 3.24. The fourth-order valence-electron chi connectivity index (χ4n) is 1.59. The molecule has 0 radical (unpaired) electrons. The lowest BCUT2D eigenvalue weighted by Gasteiger charge is -2.08. The monoisotopic (exact) mass is 248 g/mol. The van der Waals surface area contributed by atoms with Crippen LogP contribution in [-0.2, 0) is 11.2 Å². The van der Waals surface area contributed by atoms with E-state index in [-0.39, 0.29) is 12.2 Å². The number of carbonyl (C=O) groups is 1. The van der Waals surface area contributed by atoms with Crippen molar-refractivity contribution in [3.05, 3.63) is 30.0 Å². The van der Waals surface area contributed by atoms with Gasteiger partial charge in [0.25, 0.3) is 0 Å². The Morgan fingerprint density at radius 1 is 1.50 bits per heavy atom. The fraction of sp³-hybridized carbons (Fsp3) is 0.182. The lowest BCUT2D eigenvalue weighted by molar-refractivity contribution is -0.138. The number of aromatic hydroxyl groups is 1. The largest absolute Gasteiger partial charge is 0.507 e. The zero-order chi connectivity index (χ0) is 13.1. The summed E-state index contributed by atoms with van der Waals surface area (Å²) >= 11 is 0. The summed E-state index contributed by atoms with van der Waals surface area (Å²) in [6.07, 6.45) is 1.65. The predicted molar refractivity (Wildman–Crippen MR) is 62.8 cm³/mol. The summed E-state index contributed by atoms with van der Waals surface area (Å²) in [5.41, 5.74) is 7.14. The third-order valence-corrected chi connectivity index (χ3v) is 2.52. The van der Waals surface area contributed by atoms with Crippen LogP contribution in [0.5, 0.6) is 5.75 Å². The zero-order valence-electron chi connectivity index (χ0n) is 9.37. The first-order valence-electron chi connectivity index (χ1n) is 5.24. The molecule has 0 saturated heterocycles. The number of nitrogens with two attached hydrogens (primary N) is 1. The Balaban J connectivity index is 2.30. The number of hydrogen-bond donors (Lipinski definition) is 4. The molecule has 94 valence electrons. The quantitative estimate of drug-likeness (QED) is 0.609. The highest BCUT2D eigenvalue weighted by Crippen LogP contribution is 2.28. The van der Waals surface area contributed by atoms with Gasteiger partial charge < -0.3 is 15.9 Å². The Bertz CT molecular complexity index is 553. The van der Waals surface area contributed by atoms with E-state index in [0.717, 1.165) is 0 Å². The Labute approximate surface area is 102 Å². The van der Waals surface area contributed by atoms with Gasteiger partial charge in [-0.2, -0.15) is 15.4 Å². The van der Waals surface area contributed by atoms with Gasteiger partial charge in [-0.25, -0.2) is 0 Å². The molecule has 18 heavy (non-hydrogen) atoms. The van der Waals surface area contributed by atoms with Crippen molar-refractivity contribution >= 4 is 5.97 Å². The Morgan fingerprint density at radius 3 is 2.89 bits per heavy atom. The first-order valence-corrected chi connectivity index (χ1v) is 5.24. The van der Waals surface area contributed by atoms with Crippen LogP contribution in [0.15, 0.2) is 24.4 Å². The first kappa shape index (κ1) is 12.1. The number of carboxylic acids is 1. The van der Waals surface area contributed by atoms with Gasteiger partial charge in [0, 0.05) is 5.56 Å². The van der Waals surface area contributed by atoms with Crippen molar-refractivity contribution in [3.8, 4) is 17.0 Å². The maximum absolute atomic E-state index is 10.7. The summed E-state index contributed by atoms with van der Waals surface area (Å²) in [7, 11) is 0. The number of nitrogens with one attached hydrogen (secondary N) is 1. The fourth-order valence-corrected chi connectivity index (χ4v) is 1.59. The molecule has 1 aromatic carbocycles. The molecule has 0 saturated carbocycles. The topological polar surface area (TPSA) is 125 Å². The van der Waals surface area contributed by atoms with Crippen LogP contribution in [0.3, 0.4) is 0 Å². The van der Waals surface area contributed by atoms with Gasteiger partial charge in [0.1, 0.15) is 17.5 Å². The highest BCUT2D eigenvalue weighted by atomic mass is 16.4. The van der Waals surface area contributed by atoms with E-state index in [9.17, 15) is 9.90 Å². The normalized spacial score (nSPS) is 12.3. The average Bonchev–Trinajstić information content (AvgIpc) is 2.85. The number of rotatable bonds is 4. The van der Waals surface area contributed by atoms with Crippen molar-refractivity contribution in [2.24, 2.45) is 5.73 Å². The molecule has 7 heteroatoms. The summed E-state index contributed by atoms with van der Waals surface area (Å²) in [5, 5.41) is 28.4. The van der Waals surface area contributed by atoms with Crippen LogP contribution in [0.2, 0.25) is 0 Å². The number of benzene rings is 1. The van der Waals surface area contributed by atoms with Crippen molar-refractivity contribution in [3.63, 3.8) is 0 Å². The van der Waals surface area contributed by atoms with Crippen molar-refractivity contribution in [2.45, 2.75) is 12.5 Å². The predicted octanol–water partition coefficient (Wildman–Crippen LogP) is 0.132. The second-order valence-electron chi connectivity index (χ2n) is 3.86. The number of H-pyrrole nitrogens is 1. The molecule has 2 aromatic rings. The highest BCUT2D eigenvalue weighted by molar-refractivity contribution is 5.74. The van der Waals surface area contributed by atoms with Crippen LogP contribution in [-0.4, -0.2) is 37.6 Å². The highest BCUT2D eigenvalue weighted by Gasteiger charge is 2.14. The number of phenolic OH excluding ortho intramolecular Hbond substituents is 1. The molecular weight excluding hydrogens is 236 g/mol. The number of carboxylic acid groups (broad SMARTS) is 1. The standard InChI is InChI=1S/C11H12N4O3/c12-8(11(17)18)4-6-1-2-10(16)7(3-6)9-5-13-15-14-9/h1-3,5,8,16H,4,12H2,(H,17,18)(H,13,14,15)/t8-/m0/s1. The number of aliphatic carboxylic acids is 1. The van der Waals surface area contributed by atoms with Gasteiger partial charge in [-0.15, -0.1) is 0 Å². The van der Waals surface area contributed by atoms with Crippen LogP contribution in [0.4, 0.5) is 0 Å². The van der Waals surface area contributed by atoms with E-state index in [0.29, 0.717) is 16.8 Å². The molecule has 0 aliphatic carbocycles. The minimum Gasteiger partial charge on any atom is -0.507 e. The Morgan fingerprint density at radius 2 is 2.28 bits per heavy atom. The Hall–Kier alpha value is -2.41. The van der Waals surface area contributed by atoms with Crippen molar-refractivity contribution < 1.29 is 15.0 Å². The number of aromatic amines is 1. The van der Waals surface area contributed by atoms with Gasteiger partial charge in [-0.05, 0) is 24.1 Å². The first-order chi connectivity index (χ1) is 8.58. The van der Waals surface area contributed by atoms with Crippen molar-refractivity contribution in [1.82, 2.24) is 15.4 Å². The number of nitrogens with zero attached hydrogens (tertiary/aromatic N) is 2. The van der Waals surface area contributed by atoms with Crippen LogP contribution in [0, 0.1) is 0 Å². The molecule has 1 heterocycles. The summed E-state index contributed by atoms with van der Waals surface area (Å²) < 4.78 is 0. The van der Waals surface area contributed by atoms with Crippen LogP contribution < -0.4 is 5.73 Å². The summed E-state index contributed by atoms with van der Waals surface area (Å²) in [4.78, 5) is 10.7. The summed E-state index contributed by atoms with van der Waals surface area (Å²) in [6, 6.07) is 3.78. The van der Waals surface area contributed by atoms with Gasteiger partial charge in [0.2, 0.25) is 0 Å². The van der Waals surface area contributed by atoms with Gasteiger partial charge in [-0.1, -0.05) is 6.07 Å². The minimum atomic E-state index is -1.06. The number of aromatic nitrogens is 3. The van der Waals surface area contributed by atoms with E-state index in [1.807, 2.05) is 0 Å². The van der Waals surface area contributed by atoms with Gasteiger partial charge >= 0.3 is 5.97 Å². The third-order valence-electron chi connectivity index (χ3n) is 2.52. The summed E-state index contributed by atoms with van der Waals surface area (Å²) in [5.74, 6) is -1.01. The lowest BCUT2D eigenvalue weighted by atomic mass is 10.0. The molecule has 0 bridgehead atoms. The molecule has 0 fully saturated rings. The van der Waals surface area contributed by atoms with Crippen LogP contribution >= 0.6 is 0 Å². The molecule has 1 aromatic heterocycles. The molecule has 7 nitrogen and oxygen atoms in total.